The Morgan fingerprint density at radius 3 is 2.62 bits per heavy atom. The maximum absolute atomic E-state index is 13.7. The van der Waals surface area contributed by atoms with Crippen LogP contribution in [0.1, 0.15) is 47.5 Å². The molecule has 0 aromatic rings. The van der Waals surface area contributed by atoms with Crippen molar-refractivity contribution in [1.29, 1.82) is 5.26 Å². The second-order valence-electron chi connectivity index (χ2n) is 11.8. The van der Waals surface area contributed by atoms with E-state index in [1.54, 1.807) is 0 Å². The average molecular weight is 475 g/mol. The largest absolute Gasteiger partial charge is 0.356 e. The number of rotatable bonds is 7. The van der Waals surface area contributed by atoms with E-state index in [0.29, 0.717) is 31.3 Å². The number of carbonyl (C=O) groups excluding carboxylic acids is 3. The average Bonchev–Trinajstić information content (AvgIpc) is 3.46. The van der Waals surface area contributed by atoms with E-state index in [0.717, 1.165) is 6.42 Å². The normalized spacial score (nSPS) is 35.0. The monoisotopic (exact) mass is 474 g/mol. The number of ether oxygens (including phenoxy) is 1. The minimum Gasteiger partial charge on any atom is -0.356 e. The molecule has 4 fully saturated rings. The lowest BCUT2D eigenvalue weighted by Crippen LogP contribution is -2.59. The highest BCUT2D eigenvalue weighted by molar-refractivity contribution is 5.88. The molecule has 4 aliphatic rings. The van der Waals surface area contributed by atoms with Gasteiger partial charge < -0.3 is 25.6 Å². The smallest absolute Gasteiger partial charge is 0.315 e. The number of nitrogens with zero attached hydrogens (tertiary/aromatic N) is 2. The van der Waals surface area contributed by atoms with Crippen molar-refractivity contribution >= 4 is 17.8 Å². The lowest BCUT2D eigenvalue weighted by molar-refractivity contribution is -0.138. The summed E-state index contributed by atoms with van der Waals surface area (Å²) in [5, 5.41) is 21.1. The predicted octanol–water partition coefficient (Wildman–Crippen LogP) is 0.546. The summed E-state index contributed by atoms with van der Waals surface area (Å²) in [6.45, 7) is 11.6. The first-order valence-electron chi connectivity index (χ1n) is 12.3. The lowest BCUT2D eigenvalue weighted by Gasteiger charge is -2.37. The Balaban J connectivity index is 1.46. The molecule has 3 saturated heterocycles. The Morgan fingerprint density at radius 2 is 2.06 bits per heavy atom. The molecule has 1 aliphatic carbocycles. The van der Waals surface area contributed by atoms with Crippen LogP contribution in [0.25, 0.3) is 0 Å². The molecule has 8 atom stereocenters. The second kappa shape index (κ2) is 8.68. The molecule has 4 rings (SSSR count). The molecular formula is C24H38N6O4. The van der Waals surface area contributed by atoms with Crippen molar-refractivity contribution in [3.63, 3.8) is 0 Å². The highest BCUT2D eigenvalue weighted by Gasteiger charge is 2.72. The number of likely N-dealkylation sites (tertiary alicyclic amines) is 1. The molecule has 0 aromatic heterocycles. The van der Waals surface area contributed by atoms with Gasteiger partial charge in [-0.15, -0.1) is 0 Å². The first-order chi connectivity index (χ1) is 15.9. The summed E-state index contributed by atoms with van der Waals surface area (Å²) in [5.41, 5.74) is -0.341. The fraction of sp³-hybridized carbons (Fsp3) is 0.833. The Hall–Kier alpha value is -2.38. The molecule has 34 heavy (non-hydrogen) atoms. The number of nitriles is 1. The van der Waals surface area contributed by atoms with Crippen molar-refractivity contribution in [2.75, 3.05) is 20.1 Å². The molecule has 3 aliphatic heterocycles. The van der Waals surface area contributed by atoms with E-state index >= 15 is 0 Å². The van der Waals surface area contributed by atoms with Gasteiger partial charge >= 0.3 is 6.03 Å². The molecule has 0 aromatic carbocycles. The standard InChI is InChI=1S/C24H38N6O4/c1-23(2,3)18(29-22(33)26-6)21(32)30-11-14-15(24(14,4)5)16(30)17-20(34-17)28-13(10-25)9-12-7-8-27-19(12)31/h12-18,20,28H,7-9,11H2,1-6H3,(H,27,31)(H2,26,29,33)/t12-,13-,14-,15-,16-,17?,18+,20?/m0/s1. The zero-order valence-corrected chi connectivity index (χ0v) is 21.0. The summed E-state index contributed by atoms with van der Waals surface area (Å²) in [6.07, 6.45) is 0.643. The van der Waals surface area contributed by atoms with E-state index in [1.165, 1.54) is 7.05 Å². The molecule has 1 saturated carbocycles. The number of amides is 4. The van der Waals surface area contributed by atoms with Crippen molar-refractivity contribution in [2.45, 2.75) is 77.9 Å². The molecule has 2 unspecified atom stereocenters. The Labute approximate surface area is 201 Å². The van der Waals surface area contributed by atoms with Gasteiger partial charge in [-0.05, 0) is 35.5 Å². The first kappa shape index (κ1) is 24.7. The summed E-state index contributed by atoms with van der Waals surface area (Å²) in [5.74, 6) is 0.449. The second-order valence-corrected chi connectivity index (χ2v) is 11.8. The molecule has 10 heteroatoms. The third kappa shape index (κ3) is 4.48. The maximum Gasteiger partial charge on any atom is 0.315 e. The number of nitrogens with one attached hydrogen (secondary N) is 4. The van der Waals surface area contributed by atoms with Gasteiger partial charge in [-0.25, -0.2) is 4.79 Å². The van der Waals surface area contributed by atoms with Crippen molar-refractivity contribution < 1.29 is 19.1 Å². The van der Waals surface area contributed by atoms with Crippen LogP contribution in [0.15, 0.2) is 0 Å². The first-order valence-corrected chi connectivity index (χ1v) is 12.3. The van der Waals surface area contributed by atoms with Gasteiger partial charge in [-0.1, -0.05) is 34.6 Å². The number of epoxide rings is 1. The third-order valence-electron chi connectivity index (χ3n) is 8.23. The number of hydrogen-bond acceptors (Lipinski definition) is 6. The maximum atomic E-state index is 13.7. The highest BCUT2D eigenvalue weighted by atomic mass is 16.6. The van der Waals surface area contributed by atoms with Crippen LogP contribution in [0.4, 0.5) is 4.79 Å². The van der Waals surface area contributed by atoms with E-state index in [9.17, 15) is 19.6 Å². The van der Waals surface area contributed by atoms with Crippen LogP contribution < -0.4 is 21.3 Å². The van der Waals surface area contributed by atoms with Crippen LogP contribution in [-0.4, -0.2) is 73.3 Å². The zero-order valence-electron chi connectivity index (χ0n) is 21.0. The van der Waals surface area contributed by atoms with Gasteiger partial charge in [0.1, 0.15) is 18.4 Å². The lowest BCUT2D eigenvalue weighted by atomic mass is 9.85. The SMILES string of the molecule is CNC(=O)N[C@H](C(=O)N1C[C@H]2[C@@H]([C@H]1C1OC1N[C@H](C#N)C[C@@H]1CCNC1=O)C2(C)C)C(C)(C)C. The van der Waals surface area contributed by atoms with E-state index in [1.807, 2.05) is 25.7 Å². The topological polar surface area (TPSA) is 139 Å². The molecule has 0 spiro atoms. The number of hydrogen-bond donors (Lipinski definition) is 4. The molecule has 4 N–H and O–H groups in total. The fourth-order valence-corrected chi connectivity index (χ4v) is 6.01. The zero-order chi connectivity index (χ0) is 25.0. The minimum absolute atomic E-state index is 0.00212. The molecule has 3 heterocycles. The van der Waals surface area contributed by atoms with Crippen molar-refractivity contribution in [1.82, 2.24) is 26.2 Å². The van der Waals surface area contributed by atoms with Crippen molar-refractivity contribution in [3.05, 3.63) is 0 Å². The summed E-state index contributed by atoms with van der Waals surface area (Å²) >= 11 is 0. The number of urea groups is 1. The number of fused-ring (bicyclic) bond motifs is 1. The van der Waals surface area contributed by atoms with Crippen molar-refractivity contribution in [3.8, 4) is 6.07 Å². The molecule has 0 radical (unpaired) electrons. The summed E-state index contributed by atoms with van der Waals surface area (Å²) in [6, 6.07) is 0.600. The van der Waals surface area contributed by atoms with Gasteiger partial charge in [0.15, 0.2) is 0 Å². The van der Waals surface area contributed by atoms with Crippen LogP contribution in [0.2, 0.25) is 0 Å². The number of carbonyl (C=O) groups is 3. The van der Waals surface area contributed by atoms with Gasteiger partial charge in [0.25, 0.3) is 0 Å². The quantitative estimate of drug-likeness (QED) is 0.398. The molecular weight excluding hydrogens is 436 g/mol. The van der Waals surface area contributed by atoms with E-state index in [4.69, 9.17) is 4.74 Å². The Morgan fingerprint density at radius 1 is 1.35 bits per heavy atom. The van der Waals surface area contributed by atoms with E-state index in [-0.39, 0.29) is 47.6 Å². The number of piperidine rings is 1. The molecule has 0 bridgehead atoms. The fourth-order valence-electron chi connectivity index (χ4n) is 6.01. The van der Waals surface area contributed by atoms with Crippen molar-refractivity contribution in [2.24, 2.45) is 28.6 Å². The third-order valence-corrected chi connectivity index (χ3v) is 8.23. The Kier molecular flexibility index (Phi) is 6.32. The summed E-state index contributed by atoms with van der Waals surface area (Å²) < 4.78 is 6.01. The van der Waals surface area contributed by atoms with Crippen LogP contribution in [0.5, 0.6) is 0 Å². The van der Waals surface area contributed by atoms with E-state index < -0.39 is 17.5 Å². The predicted molar refractivity (Wildman–Crippen MR) is 124 cm³/mol. The van der Waals surface area contributed by atoms with Crippen LogP contribution in [0.3, 0.4) is 0 Å². The van der Waals surface area contributed by atoms with Gasteiger partial charge in [0, 0.05) is 26.1 Å². The Bertz CT molecular complexity index is 893. The van der Waals surface area contributed by atoms with Crippen LogP contribution >= 0.6 is 0 Å². The summed E-state index contributed by atoms with van der Waals surface area (Å²) in [4.78, 5) is 39.6. The molecule has 4 amide bonds. The minimum atomic E-state index is -0.673. The van der Waals surface area contributed by atoms with Gasteiger partial charge in [0.2, 0.25) is 11.8 Å². The van der Waals surface area contributed by atoms with Crippen LogP contribution in [-0.2, 0) is 14.3 Å². The summed E-state index contributed by atoms with van der Waals surface area (Å²) in [7, 11) is 1.53. The molecule has 10 nitrogen and oxygen atoms in total. The molecule has 188 valence electrons. The van der Waals surface area contributed by atoms with Gasteiger partial charge in [-0.3, -0.25) is 14.9 Å². The van der Waals surface area contributed by atoms with Gasteiger partial charge in [0.05, 0.1) is 18.2 Å². The van der Waals surface area contributed by atoms with Crippen LogP contribution in [0, 0.1) is 39.9 Å². The highest BCUT2D eigenvalue weighted by Crippen LogP contribution is 2.66. The van der Waals surface area contributed by atoms with E-state index in [2.05, 4.69) is 41.2 Å². The van der Waals surface area contributed by atoms with Gasteiger partial charge in [-0.2, -0.15) is 5.26 Å².